The van der Waals surface area contributed by atoms with Gasteiger partial charge in [-0.15, -0.1) is 0 Å². The third kappa shape index (κ3) is 2.51. The molecule has 1 amide bonds. The maximum absolute atomic E-state index is 12.1. The highest BCUT2D eigenvalue weighted by Crippen LogP contribution is 2.19. The van der Waals surface area contributed by atoms with E-state index in [1.54, 1.807) is 30.3 Å². The summed E-state index contributed by atoms with van der Waals surface area (Å²) in [6, 6.07) is 12.7. The van der Waals surface area contributed by atoms with Gasteiger partial charge in [0, 0.05) is 10.6 Å². The average molecular weight is 286 g/mol. The number of aromatic amines is 1. The molecule has 2 aromatic carbocycles. The van der Waals surface area contributed by atoms with Crippen LogP contribution in [0.2, 0.25) is 5.02 Å². The van der Waals surface area contributed by atoms with Crippen LogP contribution in [0.3, 0.4) is 0 Å². The van der Waals surface area contributed by atoms with Crippen molar-refractivity contribution in [2.24, 2.45) is 0 Å². The van der Waals surface area contributed by atoms with Gasteiger partial charge in [-0.25, -0.2) is 4.98 Å². The van der Waals surface area contributed by atoms with Gasteiger partial charge in [0.25, 0.3) is 5.91 Å². The summed E-state index contributed by atoms with van der Waals surface area (Å²) in [7, 11) is 0. The molecule has 20 heavy (non-hydrogen) atoms. The molecule has 0 atom stereocenters. The standard InChI is InChI=1S/C15H12ClN3O/c1-9-2-4-10(5-3-9)14(20)19-15-17-12-7-6-11(16)8-13(12)18-15/h2-8H,1H3,(H2,17,18,19,20). The van der Waals surface area contributed by atoms with Crippen LogP contribution in [0.4, 0.5) is 5.95 Å². The fourth-order valence-electron chi connectivity index (χ4n) is 1.93. The van der Waals surface area contributed by atoms with Crippen LogP contribution >= 0.6 is 11.6 Å². The lowest BCUT2D eigenvalue weighted by molar-refractivity contribution is 0.102. The van der Waals surface area contributed by atoms with E-state index in [-0.39, 0.29) is 5.91 Å². The highest BCUT2D eigenvalue weighted by molar-refractivity contribution is 6.31. The molecule has 4 nitrogen and oxygen atoms in total. The van der Waals surface area contributed by atoms with Gasteiger partial charge in [-0.1, -0.05) is 29.3 Å². The molecule has 0 radical (unpaired) electrons. The van der Waals surface area contributed by atoms with Crippen molar-refractivity contribution in [1.29, 1.82) is 0 Å². The first-order valence-corrected chi connectivity index (χ1v) is 6.53. The molecule has 3 aromatic rings. The second kappa shape index (κ2) is 4.98. The number of anilines is 1. The number of carbonyl (C=O) groups is 1. The van der Waals surface area contributed by atoms with Crippen LogP contribution < -0.4 is 5.32 Å². The predicted molar refractivity (Wildman–Crippen MR) is 80.2 cm³/mol. The van der Waals surface area contributed by atoms with E-state index in [1.165, 1.54) is 0 Å². The molecule has 3 rings (SSSR count). The monoisotopic (exact) mass is 285 g/mol. The van der Waals surface area contributed by atoms with Crippen LogP contribution in [0.25, 0.3) is 11.0 Å². The molecule has 2 N–H and O–H groups in total. The van der Waals surface area contributed by atoms with E-state index in [0.29, 0.717) is 16.5 Å². The molecule has 0 unspecified atom stereocenters. The summed E-state index contributed by atoms with van der Waals surface area (Å²) in [5.41, 5.74) is 3.25. The number of halogens is 1. The maximum Gasteiger partial charge on any atom is 0.257 e. The minimum atomic E-state index is -0.199. The number of imidazole rings is 1. The predicted octanol–water partition coefficient (Wildman–Crippen LogP) is 3.78. The summed E-state index contributed by atoms with van der Waals surface area (Å²) in [5, 5.41) is 3.36. The Hall–Kier alpha value is -2.33. The quantitative estimate of drug-likeness (QED) is 0.753. The third-order valence-electron chi connectivity index (χ3n) is 2.99. The average Bonchev–Trinajstić information content (AvgIpc) is 2.80. The smallest absolute Gasteiger partial charge is 0.257 e. The van der Waals surface area contributed by atoms with Crippen LogP contribution in [0.1, 0.15) is 15.9 Å². The zero-order valence-corrected chi connectivity index (χ0v) is 11.5. The zero-order chi connectivity index (χ0) is 14.1. The van der Waals surface area contributed by atoms with Crippen molar-refractivity contribution < 1.29 is 4.79 Å². The summed E-state index contributed by atoms with van der Waals surface area (Å²) in [4.78, 5) is 19.4. The number of rotatable bonds is 2. The van der Waals surface area contributed by atoms with E-state index in [2.05, 4.69) is 15.3 Å². The molecule has 0 saturated carbocycles. The fourth-order valence-corrected chi connectivity index (χ4v) is 2.10. The number of hydrogen-bond donors (Lipinski definition) is 2. The summed E-state index contributed by atoms with van der Waals surface area (Å²) in [6.45, 7) is 1.98. The van der Waals surface area contributed by atoms with Crippen molar-refractivity contribution in [3.05, 3.63) is 58.6 Å². The normalized spacial score (nSPS) is 10.7. The second-order valence-corrected chi connectivity index (χ2v) is 5.00. The first-order chi connectivity index (χ1) is 9.61. The Morgan fingerprint density at radius 2 is 1.95 bits per heavy atom. The molecule has 0 aliphatic heterocycles. The topological polar surface area (TPSA) is 57.8 Å². The summed E-state index contributed by atoms with van der Waals surface area (Å²) in [6.07, 6.45) is 0. The number of nitrogens with zero attached hydrogens (tertiary/aromatic N) is 1. The molecular formula is C15H12ClN3O. The van der Waals surface area contributed by atoms with Gasteiger partial charge >= 0.3 is 0 Å². The van der Waals surface area contributed by atoms with Crippen molar-refractivity contribution in [3.8, 4) is 0 Å². The van der Waals surface area contributed by atoms with Crippen LogP contribution in [0, 0.1) is 6.92 Å². The molecule has 0 fully saturated rings. The second-order valence-electron chi connectivity index (χ2n) is 4.57. The molecule has 0 saturated heterocycles. The molecule has 1 aromatic heterocycles. The van der Waals surface area contributed by atoms with Gasteiger partial charge < -0.3 is 4.98 Å². The minimum Gasteiger partial charge on any atom is -0.324 e. The number of amides is 1. The number of nitrogens with one attached hydrogen (secondary N) is 2. The summed E-state index contributed by atoms with van der Waals surface area (Å²) < 4.78 is 0. The van der Waals surface area contributed by atoms with Gasteiger partial charge in [-0.3, -0.25) is 10.1 Å². The van der Waals surface area contributed by atoms with Crippen LogP contribution in [-0.2, 0) is 0 Å². The highest BCUT2D eigenvalue weighted by atomic mass is 35.5. The van der Waals surface area contributed by atoms with E-state index in [4.69, 9.17) is 11.6 Å². The SMILES string of the molecule is Cc1ccc(C(=O)Nc2nc3ccc(Cl)cc3[nH]2)cc1. The molecule has 100 valence electrons. The Balaban J connectivity index is 1.85. The van der Waals surface area contributed by atoms with E-state index >= 15 is 0 Å². The third-order valence-corrected chi connectivity index (χ3v) is 3.22. The first kappa shape index (κ1) is 12.7. The Morgan fingerprint density at radius 3 is 2.70 bits per heavy atom. The molecule has 0 bridgehead atoms. The number of hydrogen-bond acceptors (Lipinski definition) is 2. The number of carbonyl (C=O) groups excluding carboxylic acids is 1. The minimum absolute atomic E-state index is 0.199. The van der Waals surface area contributed by atoms with E-state index in [9.17, 15) is 4.79 Å². The maximum atomic E-state index is 12.1. The highest BCUT2D eigenvalue weighted by Gasteiger charge is 2.09. The fraction of sp³-hybridized carbons (Fsp3) is 0.0667. The van der Waals surface area contributed by atoms with Crippen molar-refractivity contribution in [2.45, 2.75) is 6.92 Å². The Morgan fingerprint density at radius 1 is 1.20 bits per heavy atom. The lowest BCUT2D eigenvalue weighted by Gasteiger charge is -2.01. The van der Waals surface area contributed by atoms with Crippen molar-refractivity contribution >= 4 is 34.5 Å². The van der Waals surface area contributed by atoms with E-state index < -0.39 is 0 Å². The number of aromatic nitrogens is 2. The van der Waals surface area contributed by atoms with Gasteiger partial charge in [0.05, 0.1) is 11.0 Å². The number of fused-ring (bicyclic) bond motifs is 1. The van der Waals surface area contributed by atoms with Crippen LogP contribution in [0.15, 0.2) is 42.5 Å². The zero-order valence-electron chi connectivity index (χ0n) is 10.8. The van der Waals surface area contributed by atoms with Gasteiger partial charge in [-0.2, -0.15) is 0 Å². The van der Waals surface area contributed by atoms with Crippen molar-refractivity contribution in [3.63, 3.8) is 0 Å². The summed E-state index contributed by atoms with van der Waals surface area (Å²) >= 11 is 5.91. The van der Waals surface area contributed by atoms with Gasteiger partial charge in [0.15, 0.2) is 0 Å². The van der Waals surface area contributed by atoms with Crippen LogP contribution in [-0.4, -0.2) is 15.9 Å². The Kier molecular flexibility index (Phi) is 3.16. The molecule has 1 heterocycles. The summed E-state index contributed by atoms with van der Waals surface area (Å²) in [5.74, 6) is 0.211. The number of H-pyrrole nitrogens is 1. The molecule has 0 spiro atoms. The number of benzene rings is 2. The largest absolute Gasteiger partial charge is 0.324 e. The lowest BCUT2D eigenvalue weighted by Crippen LogP contribution is -2.12. The molecule has 0 aliphatic rings. The Bertz CT molecular complexity index is 777. The number of aryl methyl sites for hydroxylation is 1. The molecular weight excluding hydrogens is 274 g/mol. The van der Waals surface area contributed by atoms with Gasteiger partial charge in [0.2, 0.25) is 5.95 Å². The van der Waals surface area contributed by atoms with E-state index in [1.807, 2.05) is 19.1 Å². The Labute approximate surface area is 120 Å². The molecule has 0 aliphatic carbocycles. The van der Waals surface area contributed by atoms with Crippen molar-refractivity contribution in [1.82, 2.24) is 9.97 Å². The van der Waals surface area contributed by atoms with Gasteiger partial charge in [0.1, 0.15) is 0 Å². The lowest BCUT2D eigenvalue weighted by atomic mass is 10.1. The van der Waals surface area contributed by atoms with E-state index in [0.717, 1.165) is 16.6 Å². The van der Waals surface area contributed by atoms with Crippen molar-refractivity contribution in [2.75, 3.05) is 5.32 Å². The van der Waals surface area contributed by atoms with Gasteiger partial charge in [-0.05, 0) is 37.3 Å². The first-order valence-electron chi connectivity index (χ1n) is 6.15. The molecule has 5 heteroatoms. The van der Waals surface area contributed by atoms with Crippen LogP contribution in [0.5, 0.6) is 0 Å².